The van der Waals surface area contributed by atoms with Crippen molar-refractivity contribution in [2.45, 2.75) is 19.3 Å². The van der Waals surface area contributed by atoms with Crippen molar-refractivity contribution in [2.24, 2.45) is 0 Å². The van der Waals surface area contributed by atoms with Crippen molar-refractivity contribution in [1.29, 1.82) is 0 Å². The minimum Gasteiger partial charge on any atom is -0.412 e. The molecule has 0 aromatic rings. The van der Waals surface area contributed by atoms with E-state index in [0.29, 0.717) is 0 Å². The molecule has 0 unspecified atom stereocenters. The molecule has 0 amide bonds. The molecule has 0 aromatic carbocycles. The van der Waals surface area contributed by atoms with Crippen LogP contribution in [0.15, 0.2) is 0 Å². The van der Waals surface area contributed by atoms with Crippen molar-refractivity contribution in [3.05, 3.63) is 6.42 Å². The van der Waals surface area contributed by atoms with Gasteiger partial charge in [-0.15, -0.1) is 6.42 Å². The normalized spacial score (nSPS) is 16.0. The molecule has 0 heterocycles. The van der Waals surface area contributed by atoms with Gasteiger partial charge in [0, 0.05) is 32.7 Å². The molecule has 0 spiro atoms. The maximum Gasteiger partial charge on any atom is 0 e. The first-order chi connectivity index (χ1) is 2.00. The van der Waals surface area contributed by atoms with Crippen molar-refractivity contribution < 1.29 is 38.2 Å². The Balaban J connectivity index is 0. The van der Waals surface area contributed by atoms with E-state index in [9.17, 15) is 0 Å². The fourth-order valence-corrected chi connectivity index (χ4v) is 0.204. The molecule has 0 aliphatic heterocycles. The second-order valence-corrected chi connectivity index (χ2v) is 1.22. The monoisotopic (exact) mass is 162 g/mol. The van der Waals surface area contributed by atoms with Gasteiger partial charge in [0.1, 0.15) is 0 Å². The van der Waals surface area contributed by atoms with Gasteiger partial charge < -0.3 is 11.9 Å². The molecule has 35 valence electrons. The SMILES string of the molecule is O.[CH-]1CCC1.[Y]. The van der Waals surface area contributed by atoms with Crippen LogP contribution >= 0.6 is 0 Å². The smallest absolute Gasteiger partial charge is 0 e. The molecular formula is C4H9OY-. The van der Waals surface area contributed by atoms with E-state index in [1.165, 1.54) is 19.3 Å². The van der Waals surface area contributed by atoms with Crippen LogP contribution in [0.4, 0.5) is 0 Å². The van der Waals surface area contributed by atoms with Gasteiger partial charge in [-0.25, -0.2) is 0 Å². The summed E-state index contributed by atoms with van der Waals surface area (Å²) in [5.74, 6) is 0. The largest absolute Gasteiger partial charge is 0.412 e. The quantitative estimate of drug-likeness (QED) is 0.466. The van der Waals surface area contributed by atoms with Crippen molar-refractivity contribution in [3.8, 4) is 0 Å². The molecule has 1 nitrogen and oxygen atoms in total. The van der Waals surface area contributed by atoms with E-state index in [2.05, 4.69) is 6.42 Å². The van der Waals surface area contributed by atoms with Gasteiger partial charge in [0.2, 0.25) is 0 Å². The Morgan fingerprint density at radius 2 is 1.33 bits per heavy atom. The molecular weight excluding hydrogens is 153 g/mol. The van der Waals surface area contributed by atoms with Gasteiger partial charge in [-0.1, -0.05) is 0 Å². The molecule has 1 radical (unpaired) electrons. The third-order valence-electron chi connectivity index (χ3n) is 0.816. The number of hydrogen-bond acceptors (Lipinski definition) is 0. The maximum absolute atomic E-state index is 2.31. The van der Waals surface area contributed by atoms with E-state index in [0.717, 1.165) is 0 Å². The molecule has 0 saturated heterocycles. The zero-order valence-corrected chi connectivity index (χ0v) is 6.61. The van der Waals surface area contributed by atoms with Crippen molar-refractivity contribution in [2.75, 3.05) is 0 Å². The molecule has 1 rings (SSSR count). The molecule has 2 heteroatoms. The fourth-order valence-electron chi connectivity index (χ4n) is 0.204. The third kappa shape index (κ3) is 3.26. The Morgan fingerprint density at radius 1 is 1.17 bits per heavy atom. The minimum atomic E-state index is 0. The average molecular weight is 162 g/mol. The predicted octanol–water partition coefficient (Wildman–Crippen LogP) is 0.547. The van der Waals surface area contributed by atoms with Crippen LogP contribution in [0.3, 0.4) is 0 Å². The third-order valence-corrected chi connectivity index (χ3v) is 0.816. The zero-order chi connectivity index (χ0) is 2.83. The van der Waals surface area contributed by atoms with Crippen molar-refractivity contribution in [1.82, 2.24) is 0 Å². The average Bonchev–Trinajstić information content (AvgIpc) is 0.722. The molecule has 2 N–H and O–H groups in total. The molecule has 1 fully saturated rings. The van der Waals surface area contributed by atoms with Crippen molar-refractivity contribution >= 4 is 0 Å². The summed E-state index contributed by atoms with van der Waals surface area (Å²) < 4.78 is 0. The summed E-state index contributed by atoms with van der Waals surface area (Å²) in [5, 5.41) is 0. The summed E-state index contributed by atoms with van der Waals surface area (Å²) in [6.45, 7) is 0. The van der Waals surface area contributed by atoms with E-state index in [1.54, 1.807) is 0 Å². The Bertz CT molecular complexity index is 15.5. The summed E-state index contributed by atoms with van der Waals surface area (Å²) in [4.78, 5) is 0. The van der Waals surface area contributed by atoms with Gasteiger partial charge in [0.15, 0.2) is 0 Å². The van der Waals surface area contributed by atoms with Crippen LogP contribution in [0.2, 0.25) is 0 Å². The molecule has 1 aliphatic rings. The van der Waals surface area contributed by atoms with Crippen LogP contribution in [0, 0.1) is 6.42 Å². The Kier molecular flexibility index (Phi) is 10.2. The van der Waals surface area contributed by atoms with Crippen LogP contribution < -0.4 is 0 Å². The topological polar surface area (TPSA) is 31.5 Å². The second-order valence-electron chi connectivity index (χ2n) is 1.22. The number of hydrogen-bond donors (Lipinski definition) is 0. The molecule has 0 atom stereocenters. The first-order valence-corrected chi connectivity index (χ1v) is 1.82. The molecule has 1 aliphatic carbocycles. The van der Waals surface area contributed by atoms with Gasteiger partial charge in [-0.3, -0.25) is 0 Å². The molecule has 0 aromatic heterocycles. The maximum atomic E-state index is 2.31. The van der Waals surface area contributed by atoms with E-state index >= 15 is 0 Å². The van der Waals surface area contributed by atoms with Crippen LogP contribution in [0.5, 0.6) is 0 Å². The molecule has 0 bridgehead atoms. The van der Waals surface area contributed by atoms with E-state index in [-0.39, 0.29) is 38.2 Å². The van der Waals surface area contributed by atoms with Gasteiger partial charge in [-0.2, -0.15) is 12.8 Å². The summed E-state index contributed by atoms with van der Waals surface area (Å²) in [7, 11) is 0. The van der Waals surface area contributed by atoms with Crippen LogP contribution in [0.1, 0.15) is 19.3 Å². The predicted molar refractivity (Wildman–Crippen MR) is 21.8 cm³/mol. The van der Waals surface area contributed by atoms with Gasteiger partial charge >= 0.3 is 0 Å². The summed E-state index contributed by atoms with van der Waals surface area (Å²) in [6, 6.07) is 0. The van der Waals surface area contributed by atoms with E-state index < -0.39 is 0 Å². The summed E-state index contributed by atoms with van der Waals surface area (Å²) in [5.41, 5.74) is 0. The first-order valence-electron chi connectivity index (χ1n) is 1.82. The zero-order valence-electron chi connectivity index (χ0n) is 3.78. The number of rotatable bonds is 0. The van der Waals surface area contributed by atoms with Crippen molar-refractivity contribution in [3.63, 3.8) is 0 Å². The summed E-state index contributed by atoms with van der Waals surface area (Å²) >= 11 is 0. The van der Waals surface area contributed by atoms with Crippen LogP contribution in [-0.2, 0) is 32.7 Å². The molecule has 1 saturated carbocycles. The Hall–Kier alpha value is 1.06. The van der Waals surface area contributed by atoms with E-state index in [4.69, 9.17) is 0 Å². The summed E-state index contributed by atoms with van der Waals surface area (Å²) in [6.07, 6.45) is 6.50. The standard InChI is InChI=1S/C4H7.H2O.Y/c1-2-4-3-1;;/h1H,2-4H2;1H2;/q-1;;. The van der Waals surface area contributed by atoms with Crippen LogP contribution in [0.25, 0.3) is 0 Å². The van der Waals surface area contributed by atoms with Gasteiger partial charge in [0.05, 0.1) is 0 Å². The Labute approximate surface area is 63.7 Å². The van der Waals surface area contributed by atoms with Gasteiger partial charge in [0.25, 0.3) is 0 Å². The van der Waals surface area contributed by atoms with Crippen LogP contribution in [-0.4, -0.2) is 5.48 Å². The Morgan fingerprint density at radius 3 is 1.33 bits per heavy atom. The second kappa shape index (κ2) is 6.06. The van der Waals surface area contributed by atoms with E-state index in [1.807, 2.05) is 0 Å². The first kappa shape index (κ1) is 10.1. The van der Waals surface area contributed by atoms with Gasteiger partial charge in [-0.05, 0) is 0 Å². The minimum absolute atomic E-state index is 0. The molecule has 6 heavy (non-hydrogen) atoms. The fraction of sp³-hybridized carbons (Fsp3) is 0.750.